The van der Waals surface area contributed by atoms with Gasteiger partial charge in [0.2, 0.25) is 0 Å². The second-order valence-corrected chi connectivity index (χ2v) is 6.45. The zero-order chi connectivity index (χ0) is 15.4. The van der Waals surface area contributed by atoms with Gasteiger partial charge in [-0.1, -0.05) is 26.7 Å². The van der Waals surface area contributed by atoms with Crippen LogP contribution in [0.3, 0.4) is 0 Å². The maximum Gasteiger partial charge on any atom is 0.250 e. The number of nitrogen functional groups attached to an aromatic ring is 1. The molecule has 1 aliphatic carbocycles. The van der Waals surface area contributed by atoms with Crippen LogP contribution in [0.1, 0.15) is 56.3 Å². The molecule has 1 aliphatic rings. The molecule has 0 saturated heterocycles. The molecule has 116 valence electrons. The van der Waals surface area contributed by atoms with Gasteiger partial charge in [-0.15, -0.1) is 0 Å². The number of nitrogens with zero attached hydrogens (tertiary/aromatic N) is 1. The average molecular weight is 289 g/mol. The number of nitrogens with two attached hydrogens (primary N) is 2. The van der Waals surface area contributed by atoms with Gasteiger partial charge in [0, 0.05) is 24.0 Å². The third kappa shape index (κ3) is 3.90. The standard InChI is InChI=1S/C17H27N3O/c1-12(2)9-10-20(13-5-3-4-6-13)14-7-8-16(18)15(11-14)17(19)21/h7-8,11-13H,3-6,9-10,18H2,1-2H3,(H2,19,21). The Hall–Kier alpha value is -1.71. The highest BCUT2D eigenvalue weighted by atomic mass is 16.1. The second kappa shape index (κ2) is 6.83. The molecule has 1 amide bonds. The first-order valence-electron chi connectivity index (χ1n) is 7.95. The third-order valence-corrected chi connectivity index (χ3v) is 4.35. The van der Waals surface area contributed by atoms with Crippen molar-refractivity contribution >= 4 is 17.3 Å². The number of carbonyl (C=O) groups excluding carboxylic acids is 1. The van der Waals surface area contributed by atoms with E-state index in [0.29, 0.717) is 23.2 Å². The van der Waals surface area contributed by atoms with Crippen LogP contribution in [-0.2, 0) is 0 Å². The molecule has 0 spiro atoms. The van der Waals surface area contributed by atoms with Gasteiger partial charge in [0.15, 0.2) is 0 Å². The molecule has 1 saturated carbocycles. The van der Waals surface area contributed by atoms with E-state index in [4.69, 9.17) is 11.5 Å². The highest BCUT2D eigenvalue weighted by Crippen LogP contribution is 2.30. The first-order valence-corrected chi connectivity index (χ1v) is 7.95. The van der Waals surface area contributed by atoms with Gasteiger partial charge >= 0.3 is 0 Å². The van der Waals surface area contributed by atoms with E-state index >= 15 is 0 Å². The Morgan fingerprint density at radius 1 is 1.33 bits per heavy atom. The predicted octanol–water partition coefficient (Wildman–Crippen LogP) is 3.16. The first-order chi connectivity index (χ1) is 9.99. The van der Waals surface area contributed by atoms with Crippen LogP contribution in [-0.4, -0.2) is 18.5 Å². The van der Waals surface area contributed by atoms with Crippen molar-refractivity contribution in [2.24, 2.45) is 11.7 Å². The Morgan fingerprint density at radius 2 is 2.00 bits per heavy atom. The van der Waals surface area contributed by atoms with Crippen LogP contribution in [0.25, 0.3) is 0 Å². The number of benzene rings is 1. The average Bonchev–Trinajstić information content (AvgIpc) is 2.94. The number of primary amides is 1. The number of rotatable bonds is 6. The minimum atomic E-state index is -0.454. The topological polar surface area (TPSA) is 72.3 Å². The summed E-state index contributed by atoms with van der Waals surface area (Å²) in [6.07, 6.45) is 6.19. The molecule has 0 bridgehead atoms. The summed E-state index contributed by atoms with van der Waals surface area (Å²) in [5.74, 6) is 0.211. The van der Waals surface area contributed by atoms with Crippen molar-refractivity contribution in [2.45, 2.75) is 52.0 Å². The summed E-state index contributed by atoms with van der Waals surface area (Å²) in [6, 6.07) is 6.25. The van der Waals surface area contributed by atoms with Crippen LogP contribution >= 0.6 is 0 Å². The molecule has 0 unspecified atom stereocenters. The van der Waals surface area contributed by atoms with Gasteiger partial charge in [-0.3, -0.25) is 4.79 Å². The molecule has 1 fully saturated rings. The highest BCUT2D eigenvalue weighted by Gasteiger charge is 2.23. The zero-order valence-corrected chi connectivity index (χ0v) is 13.1. The number of hydrogen-bond acceptors (Lipinski definition) is 3. The minimum Gasteiger partial charge on any atom is -0.398 e. The SMILES string of the molecule is CC(C)CCN(c1ccc(N)c(C(N)=O)c1)C1CCCC1. The third-order valence-electron chi connectivity index (χ3n) is 4.35. The largest absolute Gasteiger partial charge is 0.398 e. The molecule has 0 atom stereocenters. The number of amides is 1. The fraction of sp³-hybridized carbons (Fsp3) is 0.588. The Bertz CT molecular complexity index is 493. The summed E-state index contributed by atoms with van der Waals surface area (Å²) in [7, 11) is 0. The quantitative estimate of drug-likeness (QED) is 0.790. The van der Waals surface area contributed by atoms with Crippen LogP contribution < -0.4 is 16.4 Å². The van der Waals surface area contributed by atoms with Crippen molar-refractivity contribution in [3.63, 3.8) is 0 Å². The zero-order valence-electron chi connectivity index (χ0n) is 13.1. The molecule has 1 aromatic rings. The normalized spacial score (nSPS) is 15.6. The summed E-state index contributed by atoms with van der Waals surface area (Å²) in [5, 5.41) is 0. The van der Waals surface area contributed by atoms with E-state index in [1.165, 1.54) is 25.7 Å². The molecule has 0 aromatic heterocycles. The van der Waals surface area contributed by atoms with Crippen LogP contribution in [0.4, 0.5) is 11.4 Å². The highest BCUT2D eigenvalue weighted by molar-refractivity contribution is 5.99. The maximum absolute atomic E-state index is 11.5. The minimum absolute atomic E-state index is 0.431. The molecule has 21 heavy (non-hydrogen) atoms. The van der Waals surface area contributed by atoms with Crippen molar-refractivity contribution in [1.82, 2.24) is 0 Å². The predicted molar refractivity (Wildman–Crippen MR) is 88.4 cm³/mol. The lowest BCUT2D eigenvalue weighted by molar-refractivity contribution is 0.100. The summed E-state index contributed by atoms with van der Waals surface area (Å²) in [6.45, 7) is 5.50. The van der Waals surface area contributed by atoms with Gasteiger partial charge in [0.25, 0.3) is 5.91 Å². The van der Waals surface area contributed by atoms with Gasteiger partial charge in [-0.05, 0) is 43.4 Å². The molecule has 4 heteroatoms. The maximum atomic E-state index is 11.5. The molecular formula is C17H27N3O. The van der Waals surface area contributed by atoms with Crippen molar-refractivity contribution in [2.75, 3.05) is 17.2 Å². The molecular weight excluding hydrogens is 262 g/mol. The Morgan fingerprint density at radius 3 is 2.57 bits per heavy atom. The van der Waals surface area contributed by atoms with E-state index in [2.05, 4.69) is 18.7 Å². The van der Waals surface area contributed by atoms with Crippen LogP contribution in [0.15, 0.2) is 18.2 Å². The van der Waals surface area contributed by atoms with Crippen LogP contribution in [0.5, 0.6) is 0 Å². The Kier molecular flexibility index (Phi) is 5.10. The summed E-state index contributed by atoms with van der Waals surface area (Å²) < 4.78 is 0. The van der Waals surface area contributed by atoms with Crippen molar-refractivity contribution in [3.8, 4) is 0 Å². The smallest absolute Gasteiger partial charge is 0.250 e. The number of hydrogen-bond donors (Lipinski definition) is 2. The van der Waals surface area contributed by atoms with E-state index in [-0.39, 0.29) is 0 Å². The van der Waals surface area contributed by atoms with E-state index < -0.39 is 5.91 Å². The lowest BCUT2D eigenvalue weighted by Crippen LogP contribution is -2.35. The van der Waals surface area contributed by atoms with Gasteiger partial charge in [-0.25, -0.2) is 0 Å². The van der Waals surface area contributed by atoms with Crippen molar-refractivity contribution < 1.29 is 4.79 Å². The fourth-order valence-electron chi connectivity index (χ4n) is 3.07. The second-order valence-electron chi connectivity index (χ2n) is 6.45. The fourth-order valence-corrected chi connectivity index (χ4v) is 3.07. The van der Waals surface area contributed by atoms with Crippen LogP contribution in [0, 0.1) is 5.92 Å². The summed E-state index contributed by atoms with van der Waals surface area (Å²) in [5.41, 5.74) is 13.2. The van der Waals surface area contributed by atoms with E-state index in [1.54, 1.807) is 6.07 Å². The monoisotopic (exact) mass is 289 g/mol. The van der Waals surface area contributed by atoms with E-state index in [9.17, 15) is 4.79 Å². The molecule has 0 aliphatic heterocycles. The molecule has 1 aromatic carbocycles. The first kappa shape index (κ1) is 15.7. The van der Waals surface area contributed by atoms with E-state index in [1.807, 2.05) is 12.1 Å². The lowest BCUT2D eigenvalue weighted by Gasteiger charge is -2.32. The molecule has 0 radical (unpaired) electrons. The summed E-state index contributed by atoms with van der Waals surface area (Å²) >= 11 is 0. The number of carbonyl (C=O) groups is 1. The molecule has 4 N–H and O–H groups in total. The Balaban J connectivity index is 2.26. The summed E-state index contributed by atoms with van der Waals surface area (Å²) in [4.78, 5) is 14.0. The van der Waals surface area contributed by atoms with Crippen molar-refractivity contribution in [3.05, 3.63) is 23.8 Å². The van der Waals surface area contributed by atoms with Gasteiger partial charge in [0.05, 0.1) is 5.56 Å². The number of anilines is 2. The molecule has 2 rings (SSSR count). The van der Waals surface area contributed by atoms with Gasteiger partial charge in [0.1, 0.15) is 0 Å². The molecule has 0 heterocycles. The Labute approximate surface area is 127 Å². The van der Waals surface area contributed by atoms with Crippen LogP contribution in [0.2, 0.25) is 0 Å². The van der Waals surface area contributed by atoms with Crippen molar-refractivity contribution in [1.29, 1.82) is 0 Å². The van der Waals surface area contributed by atoms with E-state index in [0.717, 1.165) is 18.7 Å². The van der Waals surface area contributed by atoms with Gasteiger partial charge < -0.3 is 16.4 Å². The molecule has 4 nitrogen and oxygen atoms in total. The lowest BCUT2D eigenvalue weighted by atomic mass is 10.1. The van der Waals surface area contributed by atoms with Gasteiger partial charge in [-0.2, -0.15) is 0 Å².